The molecule has 28 heavy (non-hydrogen) atoms. The van der Waals surface area contributed by atoms with Crippen LogP contribution < -0.4 is 14.2 Å². The second-order valence-electron chi connectivity index (χ2n) is 5.73. The predicted molar refractivity (Wildman–Crippen MR) is 110 cm³/mol. The molecule has 0 radical (unpaired) electrons. The highest BCUT2D eigenvalue weighted by Gasteiger charge is 2.13. The number of benzene rings is 2. The highest BCUT2D eigenvalue weighted by atomic mass is 32.1. The van der Waals surface area contributed by atoms with Crippen LogP contribution in [-0.4, -0.2) is 31.4 Å². The van der Waals surface area contributed by atoms with Gasteiger partial charge in [-0.05, 0) is 35.7 Å². The molecule has 144 valence electrons. The van der Waals surface area contributed by atoms with E-state index < -0.39 is 5.97 Å². The van der Waals surface area contributed by atoms with Crippen molar-refractivity contribution in [1.82, 2.24) is 0 Å². The number of methoxy groups -OCH3 is 1. The van der Waals surface area contributed by atoms with Crippen LogP contribution in [0.2, 0.25) is 0 Å². The summed E-state index contributed by atoms with van der Waals surface area (Å²) in [7, 11) is 1.59. The molecule has 0 saturated heterocycles. The minimum absolute atomic E-state index is 0.233. The number of thiophene rings is 1. The van der Waals surface area contributed by atoms with Gasteiger partial charge in [0.05, 0.1) is 12.7 Å². The number of carboxylic acid groups (broad SMARTS) is 1. The Bertz CT molecular complexity index is 947. The lowest BCUT2D eigenvalue weighted by Crippen LogP contribution is -2.10. The van der Waals surface area contributed by atoms with Crippen molar-refractivity contribution in [2.45, 2.75) is 0 Å². The molecule has 0 aliphatic rings. The van der Waals surface area contributed by atoms with Crippen LogP contribution in [0.4, 0.5) is 0 Å². The lowest BCUT2D eigenvalue weighted by Gasteiger charge is -2.12. The van der Waals surface area contributed by atoms with Gasteiger partial charge in [-0.3, -0.25) is 0 Å². The van der Waals surface area contributed by atoms with Crippen molar-refractivity contribution >= 4 is 29.0 Å². The molecule has 0 atom stereocenters. The first-order chi connectivity index (χ1) is 13.7. The molecule has 0 amide bonds. The van der Waals surface area contributed by atoms with Gasteiger partial charge in [-0.2, -0.15) is 0 Å². The van der Waals surface area contributed by atoms with Gasteiger partial charge < -0.3 is 19.3 Å². The zero-order valence-electron chi connectivity index (χ0n) is 15.3. The van der Waals surface area contributed by atoms with E-state index in [1.165, 1.54) is 11.3 Å². The molecule has 0 aliphatic carbocycles. The zero-order valence-corrected chi connectivity index (χ0v) is 16.1. The summed E-state index contributed by atoms with van der Waals surface area (Å²) >= 11 is 1.39. The van der Waals surface area contributed by atoms with E-state index in [4.69, 9.17) is 14.2 Å². The normalized spacial score (nSPS) is 11.1. The molecular formula is C22H20O5S. The molecule has 0 fully saturated rings. The quantitative estimate of drug-likeness (QED) is 0.414. The SMILES string of the molecule is COc1ccccc1OCCOc1ccccc1/C=C(\C(=O)O)c1cccs1. The number of rotatable bonds is 9. The molecule has 5 nitrogen and oxygen atoms in total. The van der Waals surface area contributed by atoms with Crippen LogP contribution in [0.15, 0.2) is 66.0 Å². The average molecular weight is 396 g/mol. The van der Waals surface area contributed by atoms with Crippen LogP contribution >= 0.6 is 11.3 Å². The molecule has 0 bridgehead atoms. The third kappa shape index (κ3) is 4.92. The standard InChI is InChI=1S/C22H20O5S/c1-25-19-9-4-5-10-20(19)27-13-12-26-18-8-3-2-7-16(18)15-17(22(23)24)21-11-6-14-28-21/h2-11,14-15H,12-13H2,1H3,(H,23,24)/b17-15-. The van der Waals surface area contributed by atoms with E-state index in [0.29, 0.717) is 40.9 Å². The fraction of sp³-hybridized carbons (Fsp3) is 0.136. The Kier molecular flexibility index (Phi) is 6.70. The Morgan fingerprint density at radius 3 is 2.21 bits per heavy atom. The third-order valence-electron chi connectivity index (χ3n) is 3.90. The minimum Gasteiger partial charge on any atom is -0.493 e. The van der Waals surface area contributed by atoms with Crippen LogP contribution in [0.5, 0.6) is 17.2 Å². The van der Waals surface area contributed by atoms with Gasteiger partial charge in [0, 0.05) is 10.4 Å². The molecule has 0 saturated carbocycles. The molecular weight excluding hydrogens is 376 g/mol. The first-order valence-electron chi connectivity index (χ1n) is 8.65. The Labute approximate surface area is 167 Å². The maximum absolute atomic E-state index is 11.7. The molecule has 6 heteroatoms. The van der Waals surface area contributed by atoms with Gasteiger partial charge in [0.2, 0.25) is 0 Å². The number of carbonyl (C=O) groups is 1. The van der Waals surface area contributed by atoms with Crippen molar-refractivity contribution in [2.24, 2.45) is 0 Å². The molecule has 2 aromatic carbocycles. The van der Waals surface area contributed by atoms with Gasteiger partial charge in [0.15, 0.2) is 11.5 Å². The topological polar surface area (TPSA) is 65.0 Å². The predicted octanol–water partition coefficient (Wildman–Crippen LogP) is 4.84. The van der Waals surface area contributed by atoms with Crippen molar-refractivity contribution in [3.8, 4) is 17.2 Å². The van der Waals surface area contributed by atoms with E-state index in [0.717, 1.165) is 0 Å². The molecule has 3 aromatic rings. The largest absolute Gasteiger partial charge is 0.493 e. The molecule has 0 spiro atoms. The summed E-state index contributed by atoms with van der Waals surface area (Å²) in [4.78, 5) is 12.4. The number of hydrogen-bond donors (Lipinski definition) is 1. The molecule has 0 aliphatic heterocycles. The van der Waals surface area contributed by atoms with Crippen LogP contribution in [0, 0.1) is 0 Å². The number of aliphatic carboxylic acids is 1. The fourth-order valence-electron chi connectivity index (χ4n) is 2.60. The fourth-order valence-corrected chi connectivity index (χ4v) is 3.33. The van der Waals surface area contributed by atoms with Gasteiger partial charge in [-0.15, -0.1) is 11.3 Å². The second-order valence-corrected chi connectivity index (χ2v) is 6.67. The first-order valence-corrected chi connectivity index (χ1v) is 9.53. The summed E-state index contributed by atoms with van der Waals surface area (Å²) in [5.41, 5.74) is 0.932. The summed E-state index contributed by atoms with van der Waals surface area (Å²) in [6.07, 6.45) is 1.63. The molecule has 1 aromatic heterocycles. The molecule has 0 unspecified atom stereocenters. The van der Waals surface area contributed by atoms with Gasteiger partial charge in [-0.25, -0.2) is 4.79 Å². The van der Waals surface area contributed by atoms with Crippen molar-refractivity contribution in [2.75, 3.05) is 20.3 Å². The van der Waals surface area contributed by atoms with Crippen LogP contribution in [0.1, 0.15) is 10.4 Å². The monoisotopic (exact) mass is 396 g/mol. The van der Waals surface area contributed by atoms with Crippen LogP contribution in [-0.2, 0) is 4.79 Å². The summed E-state index contributed by atoms with van der Waals surface area (Å²) < 4.78 is 16.8. The number of carboxylic acids is 1. The maximum Gasteiger partial charge on any atom is 0.337 e. The molecule has 1 heterocycles. The Hall–Kier alpha value is -3.25. The van der Waals surface area contributed by atoms with Crippen molar-refractivity contribution in [3.05, 3.63) is 76.5 Å². The number of para-hydroxylation sites is 3. The third-order valence-corrected chi connectivity index (χ3v) is 4.81. The Balaban J connectivity index is 1.69. The Morgan fingerprint density at radius 1 is 0.929 bits per heavy atom. The average Bonchev–Trinajstić information content (AvgIpc) is 3.24. The van der Waals surface area contributed by atoms with Gasteiger partial charge >= 0.3 is 5.97 Å². The highest BCUT2D eigenvalue weighted by molar-refractivity contribution is 7.11. The van der Waals surface area contributed by atoms with Crippen LogP contribution in [0.3, 0.4) is 0 Å². The van der Waals surface area contributed by atoms with Crippen molar-refractivity contribution in [3.63, 3.8) is 0 Å². The van der Waals surface area contributed by atoms with Crippen LogP contribution in [0.25, 0.3) is 11.6 Å². The van der Waals surface area contributed by atoms with Gasteiger partial charge in [-0.1, -0.05) is 36.4 Å². The summed E-state index contributed by atoms with van der Waals surface area (Å²) in [6, 6.07) is 18.3. The maximum atomic E-state index is 11.7. The molecule has 1 N–H and O–H groups in total. The van der Waals surface area contributed by atoms with E-state index in [1.54, 1.807) is 19.3 Å². The summed E-state index contributed by atoms with van der Waals surface area (Å²) in [5, 5.41) is 11.4. The van der Waals surface area contributed by atoms with E-state index in [-0.39, 0.29) is 5.57 Å². The van der Waals surface area contributed by atoms with E-state index in [1.807, 2.05) is 60.0 Å². The smallest absolute Gasteiger partial charge is 0.337 e. The highest BCUT2D eigenvalue weighted by Crippen LogP contribution is 2.28. The molecule has 3 rings (SSSR count). The lowest BCUT2D eigenvalue weighted by atomic mass is 10.1. The van der Waals surface area contributed by atoms with Crippen molar-refractivity contribution in [1.29, 1.82) is 0 Å². The van der Waals surface area contributed by atoms with E-state index >= 15 is 0 Å². The summed E-state index contributed by atoms with van der Waals surface area (Å²) in [6.45, 7) is 0.638. The number of ether oxygens (including phenoxy) is 3. The van der Waals surface area contributed by atoms with Gasteiger partial charge in [0.1, 0.15) is 19.0 Å². The lowest BCUT2D eigenvalue weighted by molar-refractivity contribution is -0.130. The summed E-state index contributed by atoms with van der Waals surface area (Å²) in [5.74, 6) is 0.929. The minimum atomic E-state index is -0.975. The number of hydrogen-bond acceptors (Lipinski definition) is 5. The van der Waals surface area contributed by atoms with Gasteiger partial charge in [0.25, 0.3) is 0 Å². The zero-order chi connectivity index (χ0) is 19.8. The second kappa shape index (κ2) is 9.62. The van der Waals surface area contributed by atoms with Crippen molar-refractivity contribution < 1.29 is 24.1 Å². The van der Waals surface area contributed by atoms with E-state index in [9.17, 15) is 9.90 Å². The Morgan fingerprint density at radius 2 is 1.57 bits per heavy atom. The van der Waals surface area contributed by atoms with E-state index in [2.05, 4.69) is 0 Å². The first kappa shape index (κ1) is 19.5.